The molecule has 1 unspecified atom stereocenters. The van der Waals surface area contributed by atoms with E-state index in [1.165, 1.54) is 0 Å². The molecule has 0 radical (unpaired) electrons. The van der Waals surface area contributed by atoms with Crippen molar-refractivity contribution in [3.8, 4) is 0 Å². The monoisotopic (exact) mass is 356 g/mol. The molecular formula is C17H23F3N4O. The highest BCUT2D eigenvalue weighted by Gasteiger charge is 2.33. The molecule has 0 spiro atoms. The molecule has 1 fully saturated rings. The van der Waals surface area contributed by atoms with Gasteiger partial charge >= 0.3 is 6.18 Å². The molecule has 1 N–H and O–H groups in total. The van der Waals surface area contributed by atoms with Gasteiger partial charge in [-0.25, -0.2) is 0 Å². The van der Waals surface area contributed by atoms with Crippen LogP contribution in [0.1, 0.15) is 41.0 Å². The Morgan fingerprint density at radius 2 is 2.08 bits per heavy atom. The van der Waals surface area contributed by atoms with Gasteiger partial charge < -0.3 is 10.2 Å². The van der Waals surface area contributed by atoms with Gasteiger partial charge in [-0.05, 0) is 32.1 Å². The number of aromatic nitrogens is 2. The fourth-order valence-corrected chi connectivity index (χ4v) is 3.64. The molecule has 8 heteroatoms. The van der Waals surface area contributed by atoms with Crippen molar-refractivity contribution >= 4 is 5.91 Å². The number of allylic oxidation sites excluding steroid dienone is 1. The van der Waals surface area contributed by atoms with Crippen molar-refractivity contribution in [3.63, 3.8) is 0 Å². The first-order valence-electron chi connectivity index (χ1n) is 8.68. The van der Waals surface area contributed by atoms with E-state index in [1.807, 2.05) is 0 Å². The van der Waals surface area contributed by atoms with Crippen LogP contribution in [0.2, 0.25) is 0 Å². The van der Waals surface area contributed by atoms with Crippen LogP contribution in [0, 0.1) is 0 Å². The Morgan fingerprint density at radius 3 is 2.72 bits per heavy atom. The molecule has 25 heavy (non-hydrogen) atoms. The van der Waals surface area contributed by atoms with Crippen LogP contribution in [0.4, 0.5) is 13.2 Å². The number of nitrogens with zero attached hydrogens (tertiary/aromatic N) is 3. The third-order valence-electron chi connectivity index (χ3n) is 4.84. The van der Waals surface area contributed by atoms with Crippen LogP contribution in [-0.4, -0.2) is 52.4 Å². The van der Waals surface area contributed by atoms with E-state index in [2.05, 4.69) is 17.0 Å². The highest BCUT2D eigenvalue weighted by Crippen LogP contribution is 2.27. The smallest absolute Gasteiger partial charge is 0.337 e. The molecule has 1 aromatic heterocycles. The van der Waals surface area contributed by atoms with Crippen molar-refractivity contribution in [3.05, 3.63) is 29.6 Å². The zero-order valence-corrected chi connectivity index (χ0v) is 14.1. The van der Waals surface area contributed by atoms with Gasteiger partial charge in [-0.1, -0.05) is 6.08 Å². The highest BCUT2D eigenvalue weighted by molar-refractivity contribution is 5.94. The summed E-state index contributed by atoms with van der Waals surface area (Å²) < 4.78 is 39.2. The first-order chi connectivity index (χ1) is 11.9. The maximum atomic E-state index is 12.8. The molecule has 138 valence electrons. The van der Waals surface area contributed by atoms with Crippen LogP contribution in [-0.2, 0) is 19.4 Å². The number of halogens is 3. The minimum atomic E-state index is -4.23. The van der Waals surface area contributed by atoms with Crippen LogP contribution < -0.4 is 5.32 Å². The molecule has 0 bridgehead atoms. The summed E-state index contributed by atoms with van der Waals surface area (Å²) in [5, 5.41) is 7.05. The Hall–Kier alpha value is -1.83. The summed E-state index contributed by atoms with van der Waals surface area (Å²) in [7, 11) is 0. The summed E-state index contributed by atoms with van der Waals surface area (Å²) in [6.45, 7) is 4.64. The van der Waals surface area contributed by atoms with E-state index in [9.17, 15) is 18.0 Å². The number of carbonyl (C=O) groups is 1. The highest BCUT2D eigenvalue weighted by atomic mass is 19.4. The van der Waals surface area contributed by atoms with Crippen molar-refractivity contribution in [2.24, 2.45) is 0 Å². The number of hydrogen-bond donors (Lipinski definition) is 1. The first-order valence-corrected chi connectivity index (χ1v) is 8.68. The number of amides is 1. The number of hydrogen-bond acceptors (Lipinski definition) is 3. The molecule has 1 aliphatic heterocycles. The van der Waals surface area contributed by atoms with Crippen LogP contribution >= 0.6 is 0 Å². The largest absolute Gasteiger partial charge is 0.401 e. The van der Waals surface area contributed by atoms with Gasteiger partial charge in [0.05, 0.1) is 13.1 Å². The Labute approximate surface area is 144 Å². The second kappa shape index (κ2) is 7.19. The summed E-state index contributed by atoms with van der Waals surface area (Å²) in [5.74, 6) is -0.104. The van der Waals surface area contributed by atoms with Crippen LogP contribution in [0.5, 0.6) is 0 Å². The summed E-state index contributed by atoms with van der Waals surface area (Å²) >= 11 is 0. The van der Waals surface area contributed by atoms with Gasteiger partial charge in [-0.2, -0.15) is 18.3 Å². The Kier molecular flexibility index (Phi) is 5.17. The lowest BCUT2D eigenvalue weighted by Gasteiger charge is -2.25. The van der Waals surface area contributed by atoms with Crippen molar-refractivity contribution in [1.29, 1.82) is 0 Å². The molecule has 1 aromatic rings. The van der Waals surface area contributed by atoms with E-state index in [0.29, 0.717) is 31.5 Å². The Balaban J connectivity index is 1.82. The number of rotatable bonds is 5. The zero-order valence-electron chi connectivity index (χ0n) is 14.1. The molecule has 0 aromatic carbocycles. The van der Waals surface area contributed by atoms with Crippen molar-refractivity contribution < 1.29 is 18.0 Å². The molecule has 0 saturated carbocycles. The normalized spacial score (nSPS) is 20.6. The van der Waals surface area contributed by atoms with E-state index in [4.69, 9.17) is 0 Å². The molecule has 1 atom stereocenters. The van der Waals surface area contributed by atoms with E-state index < -0.39 is 12.7 Å². The van der Waals surface area contributed by atoms with Gasteiger partial charge in [0.1, 0.15) is 0 Å². The lowest BCUT2D eigenvalue weighted by Crippen LogP contribution is -2.41. The lowest BCUT2D eigenvalue weighted by molar-refractivity contribution is -0.126. The lowest BCUT2D eigenvalue weighted by atomic mass is 9.91. The SMILES string of the molecule is C=CCn1nc(C(=O)N2CCCC2)c2c1CCC(NCC(F)(F)F)C2. The second-order valence-electron chi connectivity index (χ2n) is 6.68. The van der Waals surface area contributed by atoms with Gasteiger partial charge in [0, 0.05) is 30.4 Å². The number of fused-ring (bicyclic) bond motifs is 1. The number of nitrogens with one attached hydrogen (secondary N) is 1. The maximum absolute atomic E-state index is 12.8. The number of likely N-dealkylation sites (tertiary alicyclic amines) is 1. The minimum Gasteiger partial charge on any atom is -0.337 e. The predicted octanol–water partition coefficient (Wildman–Crippen LogP) is 2.31. The fraction of sp³-hybridized carbons (Fsp3) is 0.647. The maximum Gasteiger partial charge on any atom is 0.401 e. The molecule has 1 aliphatic carbocycles. The van der Waals surface area contributed by atoms with Crippen LogP contribution in [0.3, 0.4) is 0 Å². The molecule has 3 rings (SSSR count). The molecule has 2 aliphatic rings. The third-order valence-corrected chi connectivity index (χ3v) is 4.84. The average molecular weight is 356 g/mol. The minimum absolute atomic E-state index is 0.104. The van der Waals surface area contributed by atoms with E-state index in [1.54, 1.807) is 15.7 Å². The van der Waals surface area contributed by atoms with Gasteiger partial charge in [0.2, 0.25) is 0 Å². The molecule has 1 amide bonds. The second-order valence-corrected chi connectivity index (χ2v) is 6.68. The van der Waals surface area contributed by atoms with E-state index in [0.717, 1.165) is 37.2 Å². The van der Waals surface area contributed by atoms with E-state index >= 15 is 0 Å². The predicted molar refractivity (Wildman–Crippen MR) is 87.4 cm³/mol. The summed E-state index contributed by atoms with van der Waals surface area (Å²) in [6, 6.07) is -0.291. The average Bonchev–Trinajstić information content (AvgIpc) is 3.20. The third kappa shape index (κ3) is 4.05. The summed E-state index contributed by atoms with van der Waals surface area (Å²) in [5.41, 5.74) is 2.15. The zero-order chi connectivity index (χ0) is 18.0. The molecule has 1 saturated heterocycles. The number of alkyl halides is 3. The molecule has 2 heterocycles. The molecular weight excluding hydrogens is 333 g/mol. The Bertz CT molecular complexity index is 647. The standard InChI is InChI=1S/C17H23F3N4O/c1-2-7-24-14-6-5-12(21-11-17(18,19)20)10-13(14)15(22-24)16(25)23-8-3-4-9-23/h2,12,21H,1,3-11H2. The van der Waals surface area contributed by atoms with E-state index in [-0.39, 0.29) is 11.9 Å². The topological polar surface area (TPSA) is 50.2 Å². The summed E-state index contributed by atoms with van der Waals surface area (Å²) in [6.07, 6.45) is 1.06. The van der Waals surface area contributed by atoms with Crippen molar-refractivity contribution in [2.45, 2.75) is 50.9 Å². The van der Waals surface area contributed by atoms with Gasteiger partial charge in [-0.3, -0.25) is 9.48 Å². The Morgan fingerprint density at radius 1 is 1.36 bits per heavy atom. The molecule has 5 nitrogen and oxygen atoms in total. The fourth-order valence-electron chi connectivity index (χ4n) is 3.64. The van der Waals surface area contributed by atoms with Crippen LogP contribution in [0.15, 0.2) is 12.7 Å². The summed E-state index contributed by atoms with van der Waals surface area (Å²) in [4.78, 5) is 14.6. The van der Waals surface area contributed by atoms with Gasteiger partial charge in [0.25, 0.3) is 5.91 Å². The quantitative estimate of drug-likeness (QED) is 0.824. The van der Waals surface area contributed by atoms with Gasteiger partial charge in [0.15, 0.2) is 5.69 Å². The van der Waals surface area contributed by atoms with Crippen molar-refractivity contribution in [1.82, 2.24) is 20.0 Å². The van der Waals surface area contributed by atoms with Crippen molar-refractivity contribution in [2.75, 3.05) is 19.6 Å². The first kappa shape index (κ1) is 18.0. The van der Waals surface area contributed by atoms with Crippen LogP contribution in [0.25, 0.3) is 0 Å². The van der Waals surface area contributed by atoms with Gasteiger partial charge in [-0.15, -0.1) is 6.58 Å². The number of carbonyl (C=O) groups excluding carboxylic acids is 1.